The molecule has 2 fully saturated rings. The molecule has 0 bridgehead atoms. The lowest BCUT2D eigenvalue weighted by molar-refractivity contribution is -0.147. The quantitative estimate of drug-likeness (QED) is 0.463. The number of hydrogen-bond acceptors (Lipinski definition) is 3. The smallest absolute Gasteiger partial charge is 0.304 e. The molecule has 2 aromatic rings. The third kappa shape index (κ3) is 5.53. The molecule has 3 N–H and O–H groups in total. The Kier molecular flexibility index (Phi) is 7.04. The minimum atomic E-state index is -1.04. The summed E-state index contributed by atoms with van der Waals surface area (Å²) < 4.78 is 0. The van der Waals surface area contributed by atoms with Gasteiger partial charge in [0.15, 0.2) is 0 Å². The Balaban J connectivity index is 1.61. The van der Waals surface area contributed by atoms with Crippen LogP contribution >= 0.6 is 23.2 Å². The Labute approximate surface area is 204 Å². The van der Waals surface area contributed by atoms with E-state index in [1.165, 1.54) is 0 Å². The van der Waals surface area contributed by atoms with Gasteiger partial charge in [-0.05, 0) is 67.0 Å². The molecule has 5 atom stereocenters. The van der Waals surface area contributed by atoms with Gasteiger partial charge in [0, 0.05) is 27.9 Å². The van der Waals surface area contributed by atoms with E-state index < -0.39 is 17.5 Å². The summed E-state index contributed by atoms with van der Waals surface area (Å²) in [6.07, 6.45) is 1.97. The van der Waals surface area contributed by atoms with Gasteiger partial charge in [-0.1, -0.05) is 54.4 Å². The molecule has 33 heavy (non-hydrogen) atoms. The van der Waals surface area contributed by atoms with Crippen molar-refractivity contribution in [2.24, 2.45) is 11.3 Å². The molecule has 1 heterocycles. The van der Waals surface area contributed by atoms with Crippen molar-refractivity contribution in [3.63, 3.8) is 0 Å². The predicted octanol–water partition coefficient (Wildman–Crippen LogP) is 5.39. The highest BCUT2D eigenvalue weighted by atomic mass is 35.5. The van der Waals surface area contributed by atoms with Crippen LogP contribution in [0.15, 0.2) is 48.5 Å². The Morgan fingerprint density at radius 2 is 1.85 bits per heavy atom. The average Bonchev–Trinajstić information content (AvgIpc) is 3.57. The number of nitrogens with one attached hydrogen (secondary N) is 1. The number of benzene rings is 2. The molecule has 2 aliphatic rings. The van der Waals surface area contributed by atoms with Crippen LogP contribution < -0.4 is 5.32 Å². The van der Waals surface area contributed by atoms with Gasteiger partial charge in [-0.2, -0.15) is 0 Å². The minimum absolute atomic E-state index is 0.0356. The van der Waals surface area contributed by atoms with E-state index in [2.05, 4.69) is 5.32 Å². The van der Waals surface area contributed by atoms with Crippen molar-refractivity contribution < 1.29 is 19.8 Å². The first-order valence-electron chi connectivity index (χ1n) is 11.4. The first kappa shape index (κ1) is 24.1. The molecular formula is C26H29Cl2NO4. The van der Waals surface area contributed by atoms with E-state index >= 15 is 0 Å². The van der Waals surface area contributed by atoms with Crippen LogP contribution in [0.3, 0.4) is 0 Å². The molecule has 0 spiro atoms. The third-order valence-corrected chi connectivity index (χ3v) is 7.62. The van der Waals surface area contributed by atoms with Crippen LogP contribution in [0.1, 0.15) is 62.0 Å². The lowest BCUT2D eigenvalue weighted by atomic mass is 9.68. The van der Waals surface area contributed by atoms with Crippen molar-refractivity contribution >= 4 is 35.1 Å². The summed E-state index contributed by atoms with van der Waals surface area (Å²) in [5, 5.41) is 25.1. The number of halogens is 2. The number of carbonyl (C=O) groups is 2. The fourth-order valence-corrected chi connectivity index (χ4v) is 5.64. The van der Waals surface area contributed by atoms with Crippen molar-refractivity contribution in [3.8, 4) is 0 Å². The summed E-state index contributed by atoms with van der Waals surface area (Å²) in [5.41, 5.74) is 0.948. The third-order valence-electron chi connectivity index (χ3n) is 7.13. The molecule has 4 rings (SSSR count). The summed E-state index contributed by atoms with van der Waals surface area (Å²) in [4.78, 5) is 24.5. The monoisotopic (exact) mass is 489 g/mol. The van der Waals surface area contributed by atoms with Gasteiger partial charge in [0.2, 0.25) is 5.91 Å². The predicted molar refractivity (Wildman–Crippen MR) is 129 cm³/mol. The second-order valence-corrected chi connectivity index (χ2v) is 10.7. The molecule has 0 radical (unpaired) electrons. The van der Waals surface area contributed by atoms with E-state index in [0.29, 0.717) is 28.8 Å². The van der Waals surface area contributed by atoms with Crippen molar-refractivity contribution in [1.29, 1.82) is 0 Å². The van der Waals surface area contributed by atoms with E-state index in [1.807, 2.05) is 42.5 Å². The highest BCUT2D eigenvalue weighted by molar-refractivity contribution is 6.30. The van der Waals surface area contributed by atoms with Crippen LogP contribution in [0.25, 0.3) is 0 Å². The van der Waals surface area contributed by atoms with Crippen LogP contribution in [-0.2, 0) is 9.59 Å². The van der Waals surface area contributed by atoms with E-state index in [9.17, 15) is 19.8 Å². The number of aliphatic carboxylic acids is 1. The number of amides is 1. The number of piperidine rings is 1. The fourth-order valence-electron chi connectivity index (χ4n) is 5.32. The van der Waals surface area contributed by atoms with Gasteiger partial charge >= 0.3 is 5.97 Å². The molecule has 5 unspecified atom stereocenters. The second-order valence-electron chi connectivity index (χ2n) is 9.79. The van der Waals surface area contributed by atoms with E-state index in [4.69, 9.17) is 23.2 Å². The molecule has 1 aliphatic carbocycles. The Morgan fingerprint density at radius 1 is 1.15 bits per heavy atom. The van der Waals surface area contributed by atoms with Crippen LogP contribution in [0, 0.1) is 11.3 Å². The maximum atomic E-state index is 13.0. The first-order valence-corrected chi connectivity index (χ1v) is 12.1. The second kappa shape index (κ2) is 9.65. The van der Waals surface area contributed by atoms with Gasteiger partial charge in [-0.15, -0.1) is 0 Å². The highest BCUT2D eigenvalue weighted by Crippen LogP contribution is 2.48. The number of aliphatic hydroxyl groups excluding tert-OH is 1. The van der Waals surface area contributed by atoms with Crippen LogP contribution in [0.5, 0.6) is 0 Å². The number of rotatable bonds is 8. The summed E-state index contributed by atoms with van der Waals surface area (Å²) >= 11 is 12.3. The zero-order valence-electron chi connectivity index (χ0n) is 18.5. The molecule has 2 aromatic carbocycles. The highest BCUT2D eigenvalue weighted by Gasteiger charge is 2.47. The van der Waals surface area contributed by atoms with E-state index in [1.54, 1.807) is 13.0 Å². The maximum absolute atomic E-state index is 13.0. The van der Waals surface area contributed by atoms with Gasteiger partial charge in [0.1, 0.15) is 0 Å². The molecule has 1 saturated heterocycles. The lowest BCUT2D eigenvalue weighted by Gasteiger charge is -2.43. The topological polar surface area (TPSA) is 86.6 Å². The first-order chi connectivity index (χ1) is 15.7. The fraction of sp³-hybridized carbons (Fsp3) is 0.462. The number of aliphatic hydroxyl groups is 1. The van der Waals surface area contributed by atoms with Crippen LogP contribution in [-0.4, -0.2) is 34.2 Å². The Bertz CT molecular complexity index is 1020. The molecule has 5 nitrogen and oxygen atoms in total. The summed E-state index contributed by atoms with van der Waals surface area (Å²) in [7, 11) is 0. The van der Waals surface area contributed by atoms with Crippen LogP contribution in [0.2, 0.25) is 10.0 Å². The zero-order valence-corrected chi connectivity index (χ0v) is 20.0. The lowest BCUT2D eigenvalue weighted by Crippen LogP contribution is -2.55. The molecule has 0 aromatic heterocycles. The molecular weight excluding hydrogens is 461 g/mol. The zero-order chi connectivity index (χ0) is 23.8. The molecule has 1 aliphatic heterocycles. The summed E-state index contributed by atoms with van der Waals surface area (Å²) in [6, 6.07) is 14.7. The van der Waals surface area contributed by atoms with E-state index in [-0.39, 0.29) is 30.2 Å². The van der Waals surface area contributed by atoms with Crippen LogP contribution in [0.4, 0.5) is 0 Å². The molecule has 1 saturated carbocycles. The summed E-state index contributed by atoms with van der Waals surface area (Å²) in [6.45, 7) is 1.70. The number of carboxylic acids is 1. The van der Waals surface area contributed by atoms with Gasteiger partial charge in [-0.25, -0.2) is 0 Å². The van der Waals surface area contributed by atoms with Crippen molar-refractivity contribution in [2.45, 2.75) is 63.0 Å². The van der Waals surface area contributed by atoms with Crippen molar-refractivity contribution in [2.75, 3.05) is 0 Å². The van der Waals surface area contributed by atoms with Gasteiger partial charge < -0.3 is 15.5 Å². The minimum Gasteiger partial charge on any atom is -0.481 e. The molecule has 1 amide bonds. The SMILES string of the molecule is CC1(CC(=O)O)CC(c2cccc(Cl)c2)C(CC(O)C(c2ccc(Cl)cc2)C2CC2)NC1=O. The van der Waals surface area contributed by atoms with Gasteiger partial charge in [0.25, 0.3) is 0 Å². The van der Waals surface area contributed by atoms with Gasteiger partial charge in [-0.3, -0.25) is 9.59 Å². The molecule has 7 heteroatoms. The van der Waals surface area contributed by atoms with Crippen molar-refractivity contribution in [3.05, 3.63) is 69.7 Å². The number of carbonyl (C=O) groups excluding carboxylic acids is 1. The summed E-state index contributed by atoms with van der Waals surface area (Å²) in [5.74, 6) is -1.08. The number of carboxylic acid groups (broad SMARTS) is 1. The standard InChI is InChI=1S/C26H29Cl2NO4/c1-26(14-23(31)32)13-20(17-3-2-4-19(28)11-17)21(29-25(26)33)12-22(30)24(15-5-6-15)16-7-9-18(27)10-8-16/h2-4,7-11,15,20-22,24,30H,5-6,12-14H2,1H3,(H,29,33)(H,31,32). The average molecular weight is 490 g/mol. The number of hydrogen-bond donors (Lipinski definition) is 3. The van der Waals surface area contributed by atoms with Crippen molar-refractivity contribution in [1.82, 2.24) is 5.32 Å². The largest absolute Gasteiger partial charge is 0.481 e. The van der Waals surface area contributed by atoms with Gasteiger partial charge in [0.05, 0.1) is 17.9 Å². The normalized spacial score (nSPS) is 27.0. The van der Waals surface area contributed by atoms with E-state index in [0.717, 1.165) is 24.0 Å². The Hall–Kier alpha value is -2.08. The maximum Gasteiger partial charge on any atom is 0.304 e. The Morgan fingerprint density at radius 3 is 2.45 bits per heavy atom. The molecule has 176 valence electrons.